The summed E-state index contributed by atoms with van der Waals surface area (Å²) in [5.41, 5.74) is 1.09. The Kier molecular flexibility index (Phi) is 5.67. The molecule has 1 heterocycles. The van der Waals surface area contributed by atoms with Crippen LogP contribution in [0.3, 0.4) is 0 Å². The lowest BCUT2D eigenvalue weighted by molar-refractivity contribution is 0.0987. The van der Waals surface area contributed by atoms with E-state index in [4.69, 9.17) is 13.9 Å². The van der Waals surface area contributed by atoms with Crippen LogP contribution in [0.4, 0.5) is 0 Å². The molecule has 102 valence electrons. The average Bonchev–Trinajstić information content (AvgIpc) is 2.93. The summed E-state index contributed by atoms with van der Waals surface area (Å²) in [6, 6.07) is 9.05. The SMILES string of the molecule is CC(=O)c1ccco1.COc1ccc(OC)c(C)c1. The number of rotatable bonds is 3. The summed E-state index contributed by atoms with van der Waals surface area (Å²) in [4.78, 5) is 10.4. The third-order valence-electron chi connectivity index (χ3n) is 2.47. The molecule has 1 aromatic heterocycles. The Bertz CT molecular complexity index is 515. The number of furan rings is 1. The third-order valence-corrected chi connectivity index (χ3v) is 2.47. The molecular weight excluding hydrogens is 244 g/mol. The number of hydrogen-bond donors (Lipinski definition) is 0. The highest BCUT2D eigenvalue weighted by Crippen LogP contribution is 2.22. The molecule has 0 aliphatic rings. The first-order chi connectivity index (χ1) is 9.08. The van der Waals surface area contributed by atoms with Crippen molar-refractivity contribution in [3.63, 3.8) is 0 Å². The van der Waals surface area contributed by atoms with Crippen molar-refractivity contribution < 1.29 is 18.7 Å². The largest absolute Gasteiger partial charge is 0.497 e. The van der Waals surface area contributed by atoms with Gasteiger partial charge in [-0.25, -0.2) is 0 Å². The smallest absolute Gasteiger partial charge is 0.194 e. The molecule has 4 nitrogen and oxygen atoms in total. The van der Waals surface area contributed by atoms with E-state index in [0.717, 1.165) is 17.1 Å². The normalized spacial score (nSPS) is 9.26. The molecule has 2 aromatic rings. The number of hydrogen-bond acceptors (Lipinski definition) is 4. The summed E-state index contributed by atoms with van der Waals surface area (Å²) in [5, 5.41) is 0. The lowest BCUT2D eigenvalue weighted by Crippen LogP contribution is -1.88. The molecule has 4 heteroatoms. The molecule has 0 amide bonds. The predicted octanol–water partition coefficient (Wildman–Crippen LogP) is 3.49. The Hall–Kier alpha value is -2.23. The van der Waals surface area contributed by atoms with Gasteiger partial charge in [-0.2, -0.15) is 0 Å². The van der Waals surface area contributed by atoms with Gasteiger partial charge in [0.25, 0.3) is 0 Å². The van der Waals surface area contributed by atoms with Gasteiger partial charge in [-0.15, -0.1) is 0 Å². The van der Waals surface area contributed by atoms with Gasteiger partial charge >= 0.3 is 0 Å². The van der Waals surface area contributed by atoms with Crippen LogP contribution in [0, 0.1) is 6.92 Å². The molecule has 0 spiro atoms. The van der Waals surface area contributed by atoms with Crippen LogP contribution in [-0.4, -0.2) is 20.0 Å². The Morgan fingerprint density at radius 1 is 1.16 bits per heavy atom. The molecular formula is C15H18O4. The molecule has 0 aliphatic carbocycles. The standard InChI is InChI=1S/C9H12O2.C6H6O2/c1-7-6-8(10-2)4-5-9(7)11-3;1-5(7)6-3-2-4-8-6/h4-6H,1-3H3;2-4H,1H3. The van der Waals surface area contributed by atoms with E-state index in [1.54, 1.807) is 26.4 Å². The highest BCUT2D eigenvalue weighted by molar-refractivity contribution is 5.91. The molecule has 0 aliphatic heterocycles. The van der Waals surface area contributed by atoms with Crippen LogP contribution in [0.15, 0.2) is 41.0 Å². The van der Waals surface area contributed by atoms with Gasteiger partial charge in [0.2, 0.25) is 0 Å². The number of methoxy groups -OCH3 is 2. The van der Waals surface area contributed by atoms with Crippen LogP contribution in [0.2, 0.25) is 0 Å². The number of ether oxygens (including phenoxy) is 2. The summed E-state index contributed by atoms with van der Waals surface area (Å²) < 4.78 is 14.9. The zero-order valence-electron chi connectivity index (χ0n) is 11.6. The second-order valence-corrected chi connectivity index (χ2v) is 3.87. The lowest BCUT2D eigenvalue weighted by atomic mass is 10.2. The van der Waals surface area contributed by atoms with Gasteiger partial charge in [-0.3, -0.25) is 4.79 Å². The maximum Gasteiger partial charge on any atom is 0.194 e. The van der Waals surface area contributed by atoms with Gasteiger partial charge in [0.05, 0.1) is 20.5 Å². The number of carbonyl (C=O) groups excluding carboxylic acids is 1. The fraction of sp³-hybridized carbons (Fsp3) is 0.267. The van der Waals surface area contributed by atoms with Gasteiger partial charge in [0.15, 0.2) is 11.5 Å². The van der Waals surface area contributed by atoms with Crippen molar-refractivity contribution >= 4 is 5.78 Å². The highest BCUT2D eigenvalue weighted by Gasteiger charge is 1.98. The molecule has 0 atom stereocenters. The highest BCUT2D eigenvalue weighted by atomic mass is 16.5. The van der Waals surface area contributed by atoms with E-state index >= 15 is 0 Å². The first-order valence-electron chi connectivity index (χ1n) is 5.81. The number of benzene rings is 1. The third kappa shape index (κ3) is 4.50. The monoisotopic (exact) mass is 262 g/mol. The van der Waals surface area contributed by atoms with Crippen molar-refractivity contribution in [1.29, 1.82) is 0 Å². The van der Waals surface area contributed by atoms with Crippen molar-refractivity contribution in [1.82, 2.24) is 0 Å². The van der Waals surface area contributed by atoms with Gasteiger partial charge < -0.3 is 13.9 Å². The molecule has 0 radical (unpaired) electrons. The van der Waals surface area contributed by atoms with Crippen LogP contribution in [0.25, 0.3) is 0 Å². The van der Waals surface area contributed by atoms with E-state index < -0.39 is 0 Å². The molecule has 0 bridgehead atoms. The molecule has 2 rings (SSSR count). The first kappa shape index (κ1) is 14.8. The van der Waals surface area contributed by atoms with E-state index in [1.165, 1.54) is 13.2 Å². The van der Waals surface area contributed by atoms with Crippen molar-refractivity contribution in [2.75, 3.05) is 14.2 Å². The molecule has 0 saturated carbocycles. The van der Waals surface area contributed by atoms with Crippen LogP contribution in [0.1, 0.15) is 23.0 Å². The molecule has 1 aromatic carbocycles. The van der Waals surface area contributed by atoms with Crippen molar-refractivity contribution in [3.05, 3.63) is 47.9 Å². The fourth-order valence-electron chi connectivity index (χ4n) is 1.46. The Labute approximate surface area is 113 Å². The molecule has 0 unspecified atom stereocenters. The molecule has 0 saturated heterocycles. The first-order valence-corrected chi connectivity index (χ1v) is 5.81. The van der Waals surface area contributed by atoms with Crippen LogP contribution < -0.4 is 9.47 Å². The van der Waals surface area contributed by atoms with Gasteiger partial charge in [-0.1, -0.05) is 0 Å². The Morgan fingerprint density at radius 3 is 2.26 bits per heavy atom. The number of ketones is 1. The topological polar surface area (TPSA) is 48.7 Å². The minimum absolute atomic E-state index is 0.0324. The van der Waals surface area contributed by atoms with Gasteiger partial charge in [-0.05, 0) is 42.8 Å². The fourth-order valence-corrected chi connectivity index (χ4v) is 1.46. The van der Waals surface area contributed by atoms with E-state index in [0.29, 0.717) is 5.76 Å². The Morgan fingerprint density at radius 2 is 1.89 bits per heavy atom. The van der Waals surface area contributed by atoms with Crippen LogP contribution in [0.5, 0.6) is 11.5 Å². The van der Waals surface area contributed by atoms with Gasteiger partial charge in [0.1, 0.15) is 11.5 Å². The zero-order valence-corrected chi connectivity index (χ0v) is 11.6. The lowest BCUT2D eigenvalue weighted by Gasteiger charge is -2.05. The Balaban J connectivity index is 0.000000200. The zero-order chi connectivity index (χ0) is 14.3. The molecule has 19 heavy (non-hydrogen) atoms. The van der Waals surface area contributed by atoms with E-state index in [1.807, 2.05) is 25.1 Å². The van der Waals surface area contributed by atoms with E-state index in [-0.39, 0.29) is 5.78 Å². The maximum atomic E-state index is 10.4. The quantitative estimate of drug-likeness (QED) is 0.794. The van der Waals surface area contributed by atoms with E-state index in [2.05, 4.69) is 0 Å². The minimum Gasteiger partial charge on any atom is -0.497 e. The van der Waals surface area contributed by atoms with Crippen LogP contribution in [-0.2, 0) is 0 Å². The van der Waals surface area contributed by atoms with Crippen molar-refractivity contribution in [3.8, 4) is 11.5 Å². The van der Waals surface area contributed by atoms with Gasteiger partial charge in [0, 0.05) is 6.92 Å². The summed E-state index contributed by atoms with van der Waals surface area (Å²) in [6.45, 7) is 3.46. The summed E-state index contributed by atoms with van der Waals surface area (Å²) in [6.07, 6.45) is 1.48. The maximum absolute atomic E-state index is 10.4. The van der Waals surface area contributed by atoms with Crippen LogP contribution >= 0.6 is 0 Å². The summed E-state index contributed by atoms with van der Waals surface area (Å²) in [7, 11) is 3.32. The number of aryl methyl sites for hydroxylation is 1. The number of carbonyl (C=O) groups is 1. The second kappa shape index (κ2) is 7.26. The second-order valence-electron chi connectivity index (χ2n) is 3.87. The van der Waals surface area contributed by atoms with E-state index in [9.17, 15) is 4.79 Å². The number of Topliss-reactive ketones (excluding diaryl/α,β-unsaturated/α-hetero) is 1. The van der Waals surface area contributed by atoms with Crippen molar-refractivity contribution in [2.24, 2.45) is 0 Å². The molecule has 0 N–H and O–H groups in total. The summed E-state index contributed by atoms with van der Waals surface area (Å²) >= 11 is 0. The molecule has 0 fully saturated rings. The summed E-state index contributed by atoms with van der Waals surface area (Å²) in [5.74, 6) is 2.15. The average molecular weight is 262 g/mol. The minimum atomic E-state index is -0.0324. The van der Waals surface area contributed by atoms with Crippen molar-refractivity contribution in [2.45, 2.75) is 13.8 Å². The predicted molar refractivity (Wildman–Crippen MR) is 73.0 cm³/mol.